The number of halogens is 5. The molecule has 0 radical (unpaired) electrons. The molecule has 0 saturated carbocycles. The molecule has 0 bridgehead atoms. The van der Waals surface area contributed by atoms with E-state index in [2.05, 4.69) is 10.3 Å². The number of rotatable bonds is 2. The zero-order valence-corrected chi connectivity index (χ0v) is 11.7. The first-order chi connectivity index (χ1) is 8.47. The zero-order valence-electron chi connectivity index (χ0n) is 8.65. The highest BCUT2D eigenvalue weighted by atomic mass is 35.5. The Labute approximate surface area is 123 Å². The molecule has 0 fully saturated rings. The molecule has 94 valence electrons. The van der Waals surface area contributed by atoms with Gasteiger partial charge in [0.2, 0.25) is 0 Å². The Bertz CT molecular complexity index is 604. The van der Waals surface area contributed by atoms with Crippen molar-refractivity contribution in [2.75, 3.05) is 5.32 Å². The van der Waals surface area contributed by atoms with Crippen LogP contribution in [0, 0.1) is 5.82 Å². The first-order valence-corrected chi connectivity index (χ1v) is 6.22. The third-order valence-electron chi connectivity index (χ3n) is 2.07. The Balaban J connectivity index is 2.37. The number of nitrogens with one attached hydrogen (secondary N) is 1. The molecule has 0 aliphatic carbocycles. The minimum absolute atomic E-state index is 0.113. The molecule has 0 aliphatic rings. The number of hydrogen-bond acceptors (Lipinski definition) is 2. The monoisotopic (exact) mass is 324 g/mol. The van der Waals surface area contributed by atoms with Crippen LogP contribution < -0.4 is 5.32 Å². The predicted molar refractivity (Wildman–Crippen MR) is 74.0 cm³/mol. The normalized spacial score (nSPS) is 10.5. The van der Waals surface area contributed by atoms with Gasteiger partial charge in [0.05, 0.1) is 20.8 Å². The molecular weight excluding hydrogens is 321 g/mol. The van der Waals surface area contributed by atoms with Crippen LogP contribution in [0.1, 0.15) is 0 Å². The highest BCUT2D eigenvalue weighted by Gasteiger charge is 2.10. The second-order valence-corrected chi connectivity index (χ2v) is 4.92. The fourth-order valence-electron chi connectivity index (χ4n) is 1.25. The maximum absolute atomic E-state index is 12.9. The van der Waals surface area contributed by atoms with Crippen LogP contribution in [0.3, 0.4) is 0 Å². The molecule has 0 spiro atoms. The third kappa shape index (κ3) is 2.98. The molecule has 0 amide bonds. The topological polar surface area (TPSA) is 24.9 Å². The number of nitrogens with zero attached hydrogens (tertiary/aromatic N) is 1. The summed E-state index contributed by atoms with van der Waals surface area (Å²) in [5, 5.41) is 3.70. The van der Waals surface area contributed by atoms with Gasteiger partial charge in [0, 0.05) is 0 Å². The number of pyridine rings is 1. The van der Waals surface area contributed by atoms with Crippen molar-refractivity contribution in [3.63, 3.8) is 0 Å². The maximum atomic E-state index is 12.9. The lowest BCUT2D eigenvalue weighted by Crippen LogP contribution is -1.96. The molecular formula is C11H5Cl4FN2. The minimum Gasteiger partial charge on any atom is -0.338 e. The summed E-state index contributed by atoms with van der Waals surface area (Å²) in [7, 11) is 0. The van der Waals surface area contributed by atoms with Crippen molar-refractivity contribution in [2.45, 2.75) is 0 Å². The quantitative estimate of drug-likeness (QED) is 0.729. The number of anilines is 2. The standard InChI is InChI=1S/C11H5Cl4FN2/c12-6-3-5(16)1-2-9(6)17-11-8(14)4-7(13)10(15)18-11/h1-4H,(H,17,18). The van der Waals surface area contributed by atoms with Gasteiger partial charge in [-0.2, -0.15) is 0 Å². The smallest absolute Gasteiger partial charge is 0.151 e. The average molecular weight is 326 g/mol. The Morgan fingerprint density at radius 1 is 0.944 bits per heavy atom. The van der Waals surface area contributed by atoms with Gasteiger partial charge < -0.3 is 5.32 Å². The van der Waals surface area contributed by atoms with Crippen LogP contribution in [0.4, 0.5) is 15.9 Å². The van der Waals surface area contributed by atoms with Gasteiger partial charge in [-0.05, 0) is 24.3 Å². The van der Waals surface area contributed by atoms with Gasteiger partial charge in [0.25, 0.3) is 0 Å². The van der Waals surface area contributed by atoms with Crippen LogP contribution >= 0.6 is 46.4 Å². The van der Waals surface area contributed by atoms with Gasteiger partial charge in [-0.3, -0.25) is 0 Å². The molecule has 0 saturated heterocycles. The maximum Gasteiger partial charge on any atom is 0.151 e. The summed E-state index contributed by atoms with van der Waals surface area (Å²) < 4.78 is 12.9. The Morgan fingerprint density at radius 3 is 2.33 bits per heavy atom. The van der Waals surface area contributed by atoms with E-state index in [1.165, 1.54) is 24.3 Å². The lowest BCUT2D eigenvalue weighted by molar-refractivity contribution is 0.628. The largest absolute Gasteiger partial charge is 0.338 e. The van der Waals surface area contributed by atoms with Gasteiger partial charge in [-0.15, -0.1) is 0 Å². The van der Waals surface area contributed by atoms with Gasteiger partial charge in [-0.1, -0.05) is 46.4 Å². The lowest BCUT2D eigenvalue weighted by Gasteiger charge is -2.10. The van der Waals surface area contributed by atoms with E-state index in [4.69, 9.17) is 46.4 Å². The zero-order chi connectivity index (χ0) is 13.3. The summed E-state index contributed by atoms with van der Waals surface area (Å²) in [5.74, 6) is -0.140. The molecule has 7 heteroatoms. The van der Waals surface area contributed by atoms with Gasteiger partial charge >= 0.3 is 0 Å². The third-order valence-corrected chi connectivity index (χ3v) is 3.34. The molecule has 0 atom stereocenters. The number of benzene rings is 1. The van der Waals surface area contributed by atoms with Crippen molar-refractivity contribution in [2.24, 2.45) is 0 Å². The van der Waals surface area contributed by atoms with Crippen molar-refractivity contribution < 1.29 is 4.39 Å². The second kappa shape index (κ2) is 5.49. The number of aromatic nitrogens is 1. The van der Waals surface area contributed by atoms with E-state index in [0.717, 1.165) is 0 Å². The van der Waals surface area contributed by atoms with Gasteiger partial charge in [0.1, 0.15) is 11.0 Å². The van der Waals surface area contributed by atoms with Gasteiger partial charge in [0.15, 0.2) is 5.82 Å². The highest BCUT2D eigenvalue weighted by Crippen LogP contribution is 2.32. The van der Waals surface area contributed by atoms with Crippen LogP contribution in [0.5, 0.6) is 0 Å². The first kappa shape index (κ1) is 13.7. The minimum atomic E-state index is -0.432. The summed E-state index contributed by atoms with van der Waals surface area (Å²) >= 11 is 23.4. The SMILES string of the molecule is Fc1ccc(Nc2nc(Cl)c(Cl)cc2Cl)c(Cl)c1. The van der Waals surface area contributed by atoms with Crippen molar-refractivity contribution in [1.29, 1.82) is 0 Å². The molecule has 18 heavy (non-hydrogen) atoms. The highest BCUT2D eigenvalue weighted by molar-refractivity contribution is 6.43. The van der Waals surface area contributed by atoms with Crippen molar-refractivity contribution >= 4 is 57.9 Å². The summed E-state index contributed by atoms with van der Waals surface area (Å²) in [6.45, 7) is 0. The molecule has 2 aromatic rings. The Morgan fingerprint density at radius 2 is 1.67 bits per heavy atom. The van der Waals surface area contributed by atoms with E-state index in [1.807, 2.05) is 0 Å². The first-order valence-electron chi connectivity index (χ1n) is 4.71. The fraction of sp³-hybridized carbons (Fsp3) is 0. The van der Waals surface area contributed by atoms with Crippen LogP contribution in [0.2, 0.25) is 20.2 Å². The van der Waals surface area contributed by atoms with E-state index >= 15 is 0 Å². The van der Waals surface area contributed by atoms with E-state index in [1.54, 1.807) is 0 Å². The summed E-state index contributed by atoms with van der Waals surface area (Å²) in [5.41, 5.74) is 0.464. The van der Waals surface area contributed by atoms with E-state index in [0.29, 0.717) is 11.5 Å². The molecule has 0 aliphatic heterocycles. The average Bonchev–Trinajstić information content (AvgIpc) is 2.29. The summed E-state index contributed by atoms with van der Waals surface area (Å²) in [6, 6.07) is 5.37. The van der Waals surface area contributed by atoms with Crippen molar-refractivity contribution in [3.8, 4) is 0 Å². The molecule has 0 unspecified atom stereocenters. The van der Waals surface area contributed by atoms with Crippen LogP contribution in [0.25, 0.3) is 0 Å². The Hall–Kier alpha value is -0.740. The Kier molecular flexibility index (Phi) is 4.17. The molecule has 1 aromatic heterocycles. The molecule has 2 rings (SSSR count). The number of hydrogen-bond donors (Lipinski definition) is 1. The predicted octanol–water partition coefficient (Wildman–Crippen LogP) is 5.58. The fourth-order valence-corrected chi connectivity index (χ4v) is 2.01. The molecule has 1 N–H and O–H groups in total. The van der Waals surface area contributed by atoms with Crippen LogP contribution in [-0.2, 0) is 0 Å². The van der Waals surface area contributed by atoms with Crippen molar-refractivity contribution in [3.05, 3.63) is 50.3 Å². The molecule has 1 heterocycles. The molecule has 1 aromatic carbocycles. The van der Waals surface area contributed by atoms with Gasteiger partial charge in [-0.25, -0.2) is 9.37 Å². The summed E-state index contributed by atoms with van der Waals surface area (Å²) in [6.07, 6.45) is 0. The van der Waals surface area contributed by atoms with E-state index in [9.17, 15) is 4.39 Å². The molecule has 2 nitrogen and oxygen atoms in total. The van der Waals surface area contributed by atoms with Crippen molar-refractivity contribution in [1.82, 2.24) is 4.98 Å². The van der Waals surface area contributed by atoms with E-state index in [-0.39, 0.29) is 20.2 Å². The van der Waals surface area contributed by atoms with Crippen LogP contribution in [-0.4, -0.2) is 4.98 Å². The summed E-state index contributed by atoms with van der Waals surface area (Å²) in [4.78, 5) is 3.97. The van der Waals surface area contributed by atoms with Crippen LogP contribution in [0.15, 0.2) is 24.3 Å². The lowest BCUT2D eigenvalue weighted by atomic mass is 10.3. The second-order valence-electron chi connectivity index (χ2n) is 3.34. The van der Waals surface area contributed by atoms with E-state index < -0.39 is 5.82 Å².